The zero-order valence-corrected chi connectivity index (χ0v) is 23.5. The molecule has 15 heteroatoms. The van der Waals surface area contributed by atoms with Crippen molar-refractivity contribution >= 4 is 32.5 Å². The first-order valence-corrected chi connectivity index (χ1v) is 14.6. The number of para-hydroxylation sites is 1. The molecule has 44 heavy (non-hydrogen) atoms. The Kier molecular flexibility index (Phi) is 8.44. The normalized spacial score (nSPS) is 14.9. The van der Waals surface area contributed by atoms with Gasteiger partial charge >= 0.3 is 12.5 Å². The number of aromatic nitrogens is 1. The number of halogens is 6. The highest BCUT2D eigenvalue weighted by molar-refractivity contribution is 7.93. The van der Waals surface area contributed by atoms with Gasteiger partial charge in [0.25, 0.3) is 15.9 Å². The van der Waals surface area contributed by atoms with Gasteiger partial charge in [-0.15, -0.1) is 13.2 Å². The summed E-state index contributed by atoms with van der Waals surface area (Å²) in [6.07, 6.45) is -8.24. The maximum atomic E-state index is 13.3. The second kappa shape index (κ2) is 12.0. The number of ether oxygens (including phenoxy) is 1. The monoisotopic (exact) mass is 638 g/mol. The molecular formula is C29H24F6N4O4S. The molecule has 1 amide bonds. The van der Waals surface area contributed by atoms with E-state index in [1.807, 2.05) is 4.90 Å². The molecule has 3 aromatic carbocycles. The lowest BCUT2D eigenvalue weighted by atomic mass is 10.1. The number of benzene rings is 3. The molecule has 5 rings (SSSR count). The zero-order valence-electron chi connectivity index (χ0n) is 22.7. The maximum Gasteiger partial charge on any atom is 0.573 e. The molecule has 0 saturated carbocycles. The number of pyridine rings is 1. The number of piperazine rings is 1. The molecule has 1 aliphatic rings. The van der Waals surface area contributed by atoms with Gasteiger partial charge < -0.3 is 9.64 Å². The third kappa shape index (κ3) is 7.22. The van der Waals surface area contributed by atoms with Crippen LogP contribution in [0.2, 0.25) is 0 Å². The number of fused-ring (bicyclic) bond motifs is 1. The van der Waals surface area contributed by atoms with Crippen molar-refractivity contribution < 1.29 is 44.3 Å². The number of amides is 1. The molecule has 1 fully saturated rings. The molecule has 1 N–H and O–H groups in total. The third-order valence-electron chi connectivity index (χ3n) is 6.93. The van der Waals surface area contributed by atoms with Crippen molar-refractivity contribution in [3.8, 4) is 5.75 Å². The minimum Gasteiger partial charge on any atom is -0.404 e. The second-order valence-electron chi connectivity index (χ2n) is 9.96. The SMILES string of the molecule is O=C(c1ccc(NS(=O)(=O)c2cccc3cccnc23)c(OC(F)(F)F)c1)N1CCN(Cc2ccc(C(F)(F)F)cc2)CC1. The van der Waals surface area contributed by atoms with Crippen molar-refractivity contribution in [2.24, 2.45) is 0 Å². The summed E-state index contributed by atoms with van der Waals surface area (Å²) in [6.45, 7) is 1.50. The Morgan fingerprint density at radius 1 is 0.886 bits per heavy atom. The fourth-order valence-corrected chi connectivity index (χ4v) is 6.04. The minimum absolute atomic E-state index is 0.116. The first-order valence-electron chi connectivity index (χ1n) is 13.1. The van der Waals surface area contributed by atoms with E-state index in [2.05, 4.69) is 14.4 Å². The molecule has 1 saturated heterocycles. The van der Waals surface area contributed by atoms with Crippen LogP contribution in [0.3, 0.4) is 0 Å². The average Bonchev–Trinajstić information content (AvgIpc) is 2.97. The molecule has 0 atom stereocenters. The van der Waals surface area contributed by atoms with Crippen LogP contribution in [0.4, 0.5) is 32.0 Å². The Balaban J connectivity index is 1.30. The Bertz CT molecular complexity index is 1770. The van der Waals surface area contributed by atoms with E-state index in [1.54, 1.807) is 18.2 Å². The highest BCUT2D eigenvalue weighted by Crippen LogP contribution is 2.34. The van der Waals surface area contributed by atoms with Gasteiger partial charge in [-0.2, -0.15) is 13.2 Å². The molecule has 0 aliphatic carbocycles. The first kappa shape index (κ1) is 31.1. The Morgan fingerprint density at radius 2 is 1.57 bits per heavy atom. The molecule has 4 aromatic rings. The highest BCUT2D eigenvalue weighted by atomic mass is 32.2. The van der Waals surface area contributed by atoms with Crippen LogP contribution in [0.25, 0.3) is 10.9 Å². The van der Waals surface area contributed by atoms with Gasteiger partial charge in [-0.1, -0.05) is 30.3 Å². The van der Waals surface area contributed by atoms with Crippen LogP contribution in [0.1, 0.15) is 21.5 Å². The number of rotatable bonds is 7. The molecule has 2 heterocycles. The lowest BCUT2D eigenvalue weighted by molar-refractivity contribution is -0.274. The predicted molar refractivity (Wildman–Crippen MR) is 148 cm³/mol. The number of hydrogen-bond acceptors (Lipinski definition) is 6. The fourth-order valence-electron chi connectivity index (χ4n) is 4.79. The van der Waals surface area contributed by atoms with E-state index < -0.39 is 45.5 Å². The van der Waals surface area contributed by atoms with Crippen molar-refractivity contribution in [1.29, 1.82) is 0 Å². The van der Waals surface area contributed by atoms with Gasteiger partial charge in [-0.25, -0.2) is 8.42 Å². The minimum atomic E-state index is -5.19. The van der Waals surface area contributed by atoms with E-state index >= 15 is 0 Å². The molecular weight excluding hydrogens is 614 g/mol. The molecule has 0 radical (unpaired) electrons. The number of nitrogens with one attached hydrogen (secondary N) is 1. The van der Waals surface area contributed by atoms with Crippen molar-refractivity contribution in [2.45, 2.75) is 24.0 Å². The van der Waals surface area contributed by atoms with Gasteiger partial charge in [0.05, 0.1) is 16.8 Å². The van der Waals surface area contributed by atoms with Gasteiger partial charge in [0.2, 0.25) is 0 Å². The highest BCUT2D eigenvalue weighted by Gasteiger charge is 2.34. The van der Waals surface area contributed by atoms with Gasteiger partial charge in [-0.3, -0.25) is 19.4 Å². The summed E-state index contributed by atoms with van der Waals surface area (Å²) in [7, 11) is -4.43. The van der Waals surface area contributed by atoms with Gasteiger partial charge in [0.1, 0.15) is 4.90 Å². The molecule has 0 bridgehead atoms. The number of hydrogen-bond donors (Lipinski definition) is 1. The Hall–Kier alpha value is -4.37. The summed E-state index contributed by atoms with van der Waals surface area (Å²) >= 11 is 0. The summed E-state index contributed by atoms with van der Waals surface area (Å²) in [5.41, 5.74) is -0.674. The molecule has 0 spiro atoms. The number of anilines is 1. The van der Waals surface area contributed by atoms with Crippen LogP contribution in [-0.4, -0.2) is 61.7 Å². The van der Waals surface area contributed by atoms with Crippen LogP contribution in [-0.2, 0) is 22.7 Å². The lowest BCUT2D eigenvalue weighted by Crippen LogP contribution is -2.48. The van der Waals surface area contributed by atoms with E-state index in [-0.39, 0.29) is 29.1 Å². The second-order valence-corrected chi connectivity index (χ2v) is 11.6. The van der Waals surface area contributed by atoms with Crippen molar-refractivity contribution in [3.63, 3.8) is 0 Å². The molecule has 1 aromatic heterocycles. The van der Waals surface area contributed by atoms with Gasteiger partial charge in [0, 0.05) is 49.9 Å². The van der Waals surface area contributed by atoms with E-state index in [0.717, 1.165) is 24.3 Å². The number of alkyl halides is 6. The lowest BCUT2D eigenvalue weighted by Gasteiger charge is -2.35. The molecule has 8 nitrogen and oxygen atoms in total. The number of nitrogens with zero attached hydrogens (tertiary/aromatic N) is 3. The van der Waals surface area contributed by atoms with Crippen molar-refractivity contribution in [1.82, 2.24) is 14.8 Å². The zero-order chi connectivity index (χ0) is 31.7. The smallest absolute Gasteiger partial charge is 0.404 e. The van der Waals surface area contributed by atoms with Crippen LogP contribution in [0.5, 0.6) is 5.75 Å². The van der Waals surface area contributed by atoms with E-state index in [9.17, 15) is 39.6 Å². The maximum absolute atomic E-state index is 13.3. The average molecular weight is 639 g/mol. The molecule has 1 aliphatic heterocycles. The number of carbonyl (C=O) groups excluding carboxylic acids is 1. The summed E-state index contributed by atoms with van der Waals surface area (Å²) in [5, 5.41) is 0.502. The summed E-state index contributed by atoms with van der Waals surface area (Å²) in [5.74, 6) is -1.51. The third-order valence-corrected chi connectivity index (χ3v) is 8.33. The van der Waals surface area contributed by atoms with Crippen LogP contribution in [0, 0.1) is 0 Å². The molecule has 232 valence electrons. The molecule has 0 unspecified atom stereocenters. The summed E-state index contributed by atoms with van der Waals surface area (Å²) in [6, 6.07) is 15.4. The first-order chi connectivity index (χ1) is 20.7. The van der Waals surface area contributed by atoms with E-state index in [0.29, 0.717) is 30.6 Å². The van der Waals surface area contributed by atoms with Gasteiger partial charge in [-0.05, 0) is 48.0 Å². The number of carbonyl (C=O) groups is 1. The van der Waals surface area contributed by atoms with Crippen LogP contribution < -0.4 is 9.46 Å². The van der Waals surface area contributed by atoms with Crippen LogP contribution in [0.15, 0.2) is 83.9 Å². The Morgan fingerprint density at radius 3 is 2.23 bits per heavy atom. The quantitative estimate of drug-likeness (QED) is 0.253. The summed E-state index contributed by atoms with van der Waals surface area (Å²) in [4.78, 5) is 20.4. The predicted octanol–water partition coefficient (Wildman–Crippen LogP) is 5.91. The topological polar surface area (TPSA) is 91.8 Å². The van der Waals surface area contributed by atoms with Gasteiger partial charge in [0.15, 0.2) is 5.75 Å². The van der Waals surface area contributed by atoms with Crippen LogP contribution >= 0.6 is 0 Å². The largest absolute Gasteiger partial charge is 0.573 e. The van der Waals surface area contributed by atoms with Crippen molar-refractivity contribution in [2.75, 3.05) is 30.9 Å². The fraction of sp³-hybridized carbons (Fsp3) is 0.241. The standard InChI is InChI=1S/C29H24F6N4O4S/c30-28(31,32)22-9-6-19(7-10-22)18-38-13-15-39(16-14-38)27(40)21-8-11-23(24(17-21)43-29(33,34)35)37-44(41,42)25-5-1-3-20-4-2-12-36-26(20)25/h1-12,17,37H,13-16,18H2. The number of sulfonamides is 1. The van der Waals surface area contributed by atoms with E-state index in [4.69, 9.17) is 0 Å². The Labute approximate surface area is 247 Å². The summed E-state index contributed by atoms with van der Waals surface area (Å²) < 4.78 is 111. The van der Waals surface area contributed by atoms with E-state index in [1.165, 1.54) is 41.4 Å². The van der Waals surface area contributed by atoms with Crippen molar-refractivity contribution in [3.05, 3.63) is 95.7 Å².